The van der Waals surface area contributed by atoms with Crippen LogP contribution in [0.4, 0.5) is 0 Å². The summed E-state index contributed by atoms with van der Waals surface area (Å²) < 4.78 is 0. The second kappa shape index (κ2) is 4.62. The minimum Gasteiger partial charge on any atom is -0.0724 e. The Morgan fingerprint density at radius 3 is 1.27 bits per heavy atom. The monoisotopic (exact) mass is 204 g/mol. The molecular weight excluding hydrogens is 180 g/mol. The molecule has 0 unspecified atom stereocenters. The highest BCUT2D eigenvalue weighted by molar-refractivity contribution is 6.94. The zero-order valence-electron chi connectivity index (χ0n) is 9.07. The molecule has 0 spiro atoms. The molecule has 68 valence electrons. The first-order chi connectivity index (χ1) is 4.83. The third-order valence-electron chi connectivity index (χ3n) is 1.92. The largest absolute Gasteiger partial charge is 0.0724 e. The Morgan fingerprint density at radius 1 is 0.818 bits per heavy atom. The van der Waals surface area contributed by atoms with Gasteiger partial charge in [0.1, 0.15) is 0 Å². The highest BCUT2D eigenvalue weighted by Gasteiger charge is 2.23. The van der Waals surface area contributed by atoms with Gasteiger partial charge in [-0.2, -0.15) is 0 Å². The Balaban J connectivity index is 3.79. The Bertz CT molecular complexity index is 95.9. The average Bonchev–Trinajstić information content (AvgIpc) is 1.53. The molecule has 0 aliphatic rings. The molecule has 11 heavy (non-hydrogen) atoms. The quantitative estimate of drug-likeness (QED) is 0.618. The first-order valence-electron chi connectivity index (χ1n) is 4.83. The molecule has 0 nitrogen and oxygen atoms in total. The van der Waals surface area contributed by atoms with Crippen molar-refractivity contribution in [1.29, 1.82) is 0 Å². The number of hydrogen-bond donors (Lipinski definition) is 0. The van der Waals surface area contributed by atoms with Gasteiger partial charge in [0.15, 0.2) is 0 Å². The van der Waals surface area contributed by atoms with Gasteiger partial charge in [-0.3, -0.25) is 0 Å². The van der Waals surface area contributed by atoms with Crippen LogP contribution in [0.15, 0.2) is 0 Å². The van der Waals surface area contributed by atoms with Crippen molar-refractivity contribution < 1.29 is 0 Å². The van der Waals surface area contributed by atoms with E-state index in [9.17, 15) is 0 Å². The van der Waals surface area contributed by atoms with Gasteiger partial charge < -0.3 is 0 Å². The Kier molecular flexibility index (Phi) is 4.89. The molecule has 0 atom stereocenters. The maximum atomic E-state index is 2.59. The molecule has 0 bridgehead atoms. The van der Waals surface area contributed by atoms with Crippen LogP contribution < -0.4 is 0 Å². The number of hydrogen-bond acceptors (Lipinski definition) is 0. The maximum absolute atomic E-state index is 2.59. The Hall–Kier alpha value is 0.651. The molecule has 0 aromatic carbocycles. The van der Waals surface area contributed by atoms with Crippen LogP contribution in [0.2, 0.25) is 50.6 Å². The van der Waals surface area contributed by atoms with E-state index in [-0.39, 0.29) is 17.6 Å². The van der Waals surface area contributed by atoms with Gasteiger partial charge in [-0.05, 0) is 0 Å². The molecule has 0 aromatic heterocycles. The van der Waals surface area contributed by atoms with Crippen molar-refractivity contribution in [2.24, 2.45) is 0 Å². The van der Waals surface area contributed by atoms with Crippen molar-refractivity contribution in [2.45, 2.75) is 50.6 Å². The summed E-state index contributed by atoms with van der Waals surface area (Å²) in [5.74, 6) is 0. The lowest BCUT2D eigenvalue weighted by molar-refractivity contribution is 1.52. The van der Waals surface area contributed by atoms with Crippen LogP contribution in [0.5, 0.6) is 0 Å². The lowest BCUT2D eigenvalue weighted by Crippen LogP contribution is -2.34. The van der Waals surface area contributed by atoms with Gasteiger partial charge >= 0.3 is 0 Å². The van der Waals surface area contributed by atoms with Crippen LogP contribution in [0.3, 0.4) is 0 Å². The van der Waals surface area contributed by atoms with Crippen LogP contribution >= 0.6 is 0 Å². The van der Waals surface area contributed by atoms with Crippen molar-refractivity contribution >= 4 is 25.7 Å². The van der Waals surface area contributed by atoms with Crippen LogP contribution in [-0.2, 0) is 0 Å². The topological polar surface area (TPSA) is 0 Å². The van der Waals surface area contributed by atoms with E-state index >= 15 is 0 Å². The van der Waals surface area contributed by atoms with Gasteiger partial charge in [0.2, 0.25) is 0 Å². The zero-order valence-corrected chi connectivity index (χ0v) is 12.4. The zero-order chi connectivity index (χ0) is 9.07. The minimum absolute atomic E-state index is 0.270. The van der Waals surface area contributed by atoms with Crippen molar-refractivity contribution in [2.75, 3.05) is 0 Å². The van der Waals surface area contributed by atoms with E-state index in [0.29, 0.717) is 0 Å². The Morgan fingerprint density at radius 2 is 1.09 bits per heavy atom. The van der Waals surface area contributed by atoms with Crippen molar-refractivity contribution in [3.63, 3.8) is 0 Å². The molecule has 0 N–H and O–H groups in total. The van der Waals surface area contributed by atoms with Crippen molar-refractivity contribution in [3.8, 4) is 0 Å². The highest BCUT2D eigenvalue weighted by atomic mass is 28.4. The van der Waals surface area contributed by atoms with Crippen LogP contribution in [0.25, 0.3) is 0 Å². The minimum atomic E-state index is -0.706. The fourth-order valence-electron chi connectivity index (χ4n) is 2.29. The highest BCUT2D eigenvalue weighted by Crippen LogP contribution is 2.18. The van der Waals surface area contributed by atoms with E-state index in [1.165, 1.54) is 0 Å². The molecule has 0 radical (unpaired) electrons. The van der Waals surface area contributed by atoms with Gasteiger partial charge in [-0.25, -0.2) is 0 Å². The molecule has 0 aromatic rings. The second-order valence-electron chi connectivity index (χ2n) is 5.36. The third-order valence-corrected chi connectivity index (χ3v) is 17.3. The average molecular weight is 205 g/mol. The van der Waals surface area contributed by atoms with E-state index in [4.69, 9.17) is 0 Å². The molecule has 0 saturated carbocycles. The summed E-state index contributed by atoms with van der Waals surface area (Å²) in [4.78, 5) is 0. The normalized spacial score (nSPS) is 13.1. The lowest BCUT2D eigenvalue weighted by atomic mass is 11.7. The van der Waals surface area contributed by atoms with E-state index in [0.717, 1.165) is 0 Å². The molecule has 0 heterocycles. The molecule has 0 amide bonds. The Labute approximate surface area is 76.6 Å². The summed E-state index contributed by atoms with van der Waals surface area (Å²) in [5, 5.41) is 0. The van der Waals surface area contributed by atoms with Crippen LogP contribution in [0.1, 0.15) is 0 Å². The maximum Gasteiger partial charge on any atom is 0.0416 e. The second-order valence-corrected chi connectivity index (χ2v) is 18.5. The van der Waals surface area contributed by atoms with E-state index in [1.54, 1.807) is 11.3 Å². The summed E-state index contributed by atoms with van der Waals surface area (Å²) in [6, 6.07) is 0. The molecule has 0 aliphatic heterocycles. The van der Waals surface area contributed by atoms with Crippen molar-refractivity contribution in [1.82, 2.24) is 0 Å². The summed E-state index contributed by atoms with van der Waals surface area (Å²) in [6.07, 6.45) is 0. The summed E-state index contributed by atoms with van der Waals surface area (Å²) in [6.45, 7) is 15.2. The van der Waals surface area contributed by atoms with Gasteiger partial charge in [-0.1, -0.05) is 50.6 Å². The first-order valence-corrected chi connectivity index (χ1v) is 14.5. The molecule has 0 saturated heterocycles. The molecule has 0 fully saturated rings. The lowest BCUT2D eigenvalue weighted by Gasteiger charge is -2.25. The van der Waals surface area contributed by atoms with Crippen LogP contribution in [0, 0.1) is 0 Å². The fraction of sp³-hybridized carbons (Fsp3) is 1.00. The fourth-order valence-corrected chi connectivity index (χ4v) is 22.1. The SMILES string of the molecule is C[SiH](C)C[Si](C)(C)C[SiH](C)C. The van der Waals surface area contributed by atoms with E-state index < -0.39 is 8.07 Å². The number of rotatable bonds is 4. The molecule has 0 aliphatic carbocycles. The molecular formula is C8H24Si3. The third kappa shape index (κ3) is 7.03. The van der Waals surface area contributed by atoms with Crippen LogP contribution in [-0.4, -0.2) is 25.7 Å². The standard InChI is InChI=1S/C8H24Si3/c1-9(2)7-11(5,6)8-10(3)4/h9-10H,7-8H2,1-6H3. The summed E-state index contributed by atoms with van der Waals surface area (Å²) in [7, 11) is -1.25. The molecule has 0 rings (SSSR count). The predicted octanol–water partition coefficient (Wildman–Crippen LogP) is 2.75. The summed E-state index contributed by atoms with van der Waals surface area (Å²) in [5.41, 5.74) is 3.33. The van der Waals surface area contributed by atoms with E-state index in [1.807, 2.05) is 0 Å². The van der Waals surface area contributed by atoms with Gasteiger partial charge in [0, 0.05) is 25.7 Å². The van der Waals surface area contributed by atoms with Gasteiger partial charge in [0.25, 0.3) is 0 Å². The van der Waals surface area contributed by atoms with Gasteiger partial charge in [-0.15, -0.1) is 0 Å². The first kappa shape index (κ1) is 11.7. The smallest absolute Gasteiger partial charge is 0.0416 e. The molecule has 3 heteroatoms. The predicted molar refractivity (Wildman–Crippen MR) is 64.9 cm³/mol. The van der Waals surface area contributed by atoms with E-state index in [2.05, 4.69) is 39.3 Å². The van der Waals surface area contributed by atoms with Crippen molar-refractivity contribution in [3.05, 3.63) is 0 Å². The summed E-state index contributed by atoms with van der Waals surface area (Å²) >= 11 is 0. The van der Waals surface area contributed by atoms with Gasteiger partial charge in [0.05, 0.1) is 0 Å².